The smallest absolute Gasteiger partial charge is 0.420 e. The number of anilines is 1. The van der Waals surface area contributed by atoms with Crippen molar-refractivity contribution in [2.75, 3.05) is 4.90 Å². The second-order valence-electron chi connectivity index (χ2n) is 3.39. The molecule has 94 valence electrons. The summed E-state index contributed by atoms with van der Waals surface area (Å²) in [5.41, 5.74) is -3.54. The summed E-state index contributed by atoms with van der Waals surface area (Å²) in [6, 6.07) is 4.98. The first-order valence-electron chi connectivity index (χ1n) is 4.79. The number of benzene rings is 1. The van der Waals surface area contributed by atoms with Gasteiger partial charge in [-0.25, -0.2) is 4.90 Å². The van der Waals surface area contributed by atoms with Crippen LogP contribution in [-0.4, -0.2) is 17.4 Å². The first kappa shape index (κ1) is 12.5. The van der Waals surface area contributed by atoms with Gasteiger partial charge in [0.15, 0.2) is 0 Å². The summed E-state index contributed by atoms with van der Waals surface area (Å²) in [5.74, 6) is -1.15. The second-order valence-corrected chi connectivity index (χ2v) is 3.83. The van der Waals surface area contributed by atoms with Gasteiger partial charge in [-0.15, -0.1) is 8.78 Å². The molecule has 0 aromatic heterocycles. The minimum atomic E-state index is -3.80. The van der Waals surface area contributed by atoms with Crippen molar-refractivity contribution < 1.29 is 23.1 Å². The molecule has 0 N–H and O–H groups in total. The van der Waals surface area contributed by atoms with E-state index in [1.165, 1.54) is 24.3 Å². The highest BCUT2D eigenvalue weighted by Gasteiger charge is 2.28. The summed E-state index contributed by atoms with van der Waals surface area (Å²) in [5, 5.41) is 0. The fraction of sp³-hybridized carbons (Fsp3) is 0.0909. The van der Waals surface area contributed by atoms with E-state index in [-0.39, 0.29) is 11.4 Å². The van der Waals surface area contributed by atoms with Crippen molar-refractivity contribution in [2.24, 2.45) is 0 Å². The number of carbonyl (C=O) groups is 2. The summed E-state index contributed by atoms with van der Waals surface area (Å²) in [6.07, 6.45) is 2.25. The van der Waals surface area contributed by atoms with E-state index in [4.69, 9.17) is 0 Å². The van der Waals surface area contributed by atoms with E-state index < -0.39 is 17.4 Å². The molecule has 0 saturated heterocycles. The number of rotatable bonds is 3. The normalized spacial score (nSPS) is 15.4. The van der Waals surface area contributed by atoms with Gasteiger partial charge in [0.05, 0.1) is 5.69 Å². The summed E-state index contributed by atoms with van der Waals surface area (Å²) >= 11 is 4.60. The third-order valence-corrected chi connectivity index (χ3v) is 2.21. The number of ether oxygens (including phenoxy) is 1. The number of nitrogens with zero attached hydrogens (tertiary/aromatic N) is 1. The molecule has 2 rings (SSSR count). The van der Waals surface area contributed by atoms with Crippen LogP contribution in [-0.2, 0) is 9.59 Å². The maximum absolute atomic E-state index is 12.3. The van der Waals surface area contributed by atoms with Gasteiger partial charge < -0.3 is 4.74 Å². The van der Waals surface area contributed by atoms with Crippen molar-refractivity contribution in [1.29, 1.82) is 0 Å². The molecular formula is C11H6ClF2NO3. The Balaban J connectivity index is 2.18. The van der Waals surface area contributed by atoms with Crippen LogP contribution in [0.5, 0.6) is 5.75 Å². The Labute approximate surface area is 105 Å². The SMILES string of the molecule is O=C1C=CC(=O)N1c1ccc(OC(F)(F)Cl)cc1. The van der Waals surface area contributed by atoms with Crippen LogP contribution in [0.25, 0.3) is 0 Å². The Morgan fingerprint density at radius 1 is 1.06 bits per heavy atom. The Kier molecular flexibility index (Phi) is 3.04. The average Bonchev–Trinajstić information content (AvgIpc) is 2.58. The number of imide groups is 1. The van der Waals surface area contributed by atoms with E-state index in [9.17, 15) is 18.4 Å². The maximum atomic E-state index is 12.3. The van der Waals surface area contributed by atoms with Crippen LogP contribution in [0.3, 0.4) is 0 Å². The van der Waals surface area contributed by atoms with Gasteiger partial charge in [-0.2, -0.15) is 0 Å². The average molecular weight is 274 g/mol. The summed E-state index contributed by atoms with van der Waals surface area (Å²) in [7, 11) is 0. The van der Waals surface area contributed by atoms with E-state index in [1.807, 2.05) is 0 Å². The molecule has 0 unspecified atom stereocenters. The maximum Gasteiger partial charge on any atom is 0.487 e. The molecular weight excluding hydrogens is 268 g/mol. The Hall–Kier alpha value is -1.95. The number of carbonyl (C=O) groups excluding carboxylic acids is 2. The third kappa shape index (κ3) is 2.65. The van der Waals surface area contributed by atoms with Crippen LogP contribution >= 0.6 is 11.6 Å². The van der Waals surface area contributed by atoms with E-state index in [0.717, 1.165) is 17.1 Å². The zero-order valence-electron chi connectivity index (χ0n) is 8.77. The predicted molar refractivity (Wildman–Crippen MR) is 59.5 cm³/mol. The Morgan fingerprint density at radius 3 is 2.00 bits per heavy atom. The molecule has 1 aromatic rings. The first-order valence-corrected chi connectivity index (χ1v) is 5.16. The lowest BCUT2D eigenvalue weighted by Crippen LogP contribution is -2.29. The minimum Gasteiger partial charge on any atom is -0.420 e. The Bertz CT molecular complexity index is 504. The number of hydrogen-bond acceptors (Lipinski definition) is 3. The van der Waals surface area contributed by atoms with E-state index in [0.29, 0.717) is 0 Å². The Morgan fingerprint density at radius 2 is 1.56 bits per heavy atom. The molecule has 1 aliphatic heterocycles. The zero-order valence-corrected chi connectivity index (χ0v) is 9.53. The van der Waals surface area contributed by atoms with Crippen LogP contribution in [0, 0.1) is 0 Å². The molecule has 4 nitrogen and oxygen atoms in total. The minimum absolute atomic E-state index is 0.175. The van der Waals surface area contributed by atoms with Gasteiger partial charge in [0.2, 0.25) is 0 Å². The lowest BCUT2D eigenvalue weighted by atomic mass is 10.3. The predicted octanol–water partition coefficient (Wildman–Crippen LogP) is 2.28. The van der Waals surface area contributed by atoms with Gasteiger partial charge in [-0.1, -0.05) is 0 Å². The molecule has 0 saturated carbocycles. The summed E-state index contributed by atoms with van der Waals surface area (Å²) in [4.78, 5) is 23.6. The van der Waals surface area contributed by atoms with Gasteiger partial charge in [0.1, 0.15) is 5.75 Å². The van der Waals surface area contributed by atoms with Crippen LogP contribution < -0.4 is 9.64 Å². The van der Waals surface area contributed by atoms with E-state index >= 15 is 0 Å². The van der Waals surface area contributed by atoms with Crippen LogP contribution in [0.4, 0.5) is 14.5 Å². The van der Waals surface area contributed by atoms with Crippen LogP contribution in [0.1, 0.15) is 0 Å². The molecule has 1 aromatic carbocycles. The molecule has 0 spiro atoms. The molecule has 0 bridgehead atoms. The quantitative estimate of drug-likeness (QED) is 0.627. The van der Waals surface area contributed by atoms with Crippen LogP contribution in [0.15, 0.2) is 36.4 Å². The highest BCUT2D eigenvalue weighted by Crippen LogP contribution is 2.27. The number of halogens is 3. The number of alkyl halides is 3. The van der Waals surface area contributed by atoms with Gasteiger partial charge in [-0.05, 0) is 24.3 Å². The van der Waals surface area contributed by atoms with Crippen molar-refractivity contribution in [3.05, 3.63) is 36.4 Å². The fourth-order valence-corrected chi connectivity index (χ4v) is 1.54. The fourth-order valence-electron chi connectivity index (χ4n) is 1.45. The van der Waals surface area contributed by atoms with Gasteiger partial charge >= 0.3 is 5.57 Å². The van der Waals surface area contributed by atoms with Crippen molar-refractivity contribution >= 4 is 29.1 Å². The van der Waals surface area contributed by atoms with Crippen LogP contribution in [0.2, 0.25) is 0 Å². The lowest BCUT2D eigenvalue weighted by molar-refractivity contribution is -0.120. The van der Waals surface area contributed by atoms with Crippen molar-refractivity contribution in [3.63, 3.8) is 0 Å². The lowest BCUT2D eigenvalue weighted by Gasteiger charge is -2.15. The number of hydrogen-bond donors (Lipinski definition) is 0. The molecule has 0 atom stereocenters. The molecule has 1 heterocycles. The molecule has 0 fully saturated rings. The zero-order chi connectivity index (χ0) is 13.3. The molecule has 0 aliphatic carbocycles. The van der Waals surface area contributed by atoms with Crippen molar-refractivity contribution in [3.8, 4) is 5.75 Å². The highest BCUT2D eigenvalue weighted by molar-refractivity contribution is 6.28. The largest absolute Gasteiger partial charge is 0.487 e. The summed E-state index contributed by atoms with van der Waals surface area (Å²) in [6.45, 7) is 0. The van der Waals surface area contributed by atoms with E-state index in [1.54, 1.807) is 0 Å². The van der Waals surface area contributed by atoms with E-state index in [2.05, 4.69) is 16.3 Å². The second kappa shape index (κ2) is 4.38. The molecule has 18 heavy (non-hydrogen) atoms. The van der Waals surface area contributed by atoms with Gasteiger partial charge in [0, 0.05) is 23.8 Å². The third-order valence-electron chi connectivity index (χ3n) is 2.14. The standard InChI is InChI=1S/C11H6ClF2NO3/c12-11(13,14)18-8-3-1-7(2-4-8)15-9(16)5-6-10(15)17/h1-6H. The molecule has 1 aliphatic rings. The molecule has 0 radical (unpaired) electrons. The number of amides is 2. The highest BCUT2D eigenvalue weighted by atomic mass is 35.5. The molecule has 2 amide bonds. The van der Waals surface area contributed by atoms with Gasteiger partial charge in [-0.3, -0.25) is 9.59 Å². The first-order chi connectivity index (χ1) is 8.37. The van der Waals surface area contributed by atoms with Crippen molar-refractivity contribution in [1.82, 2.24) is 0 Å². The van der Waals surface area contributed by atoms with Crippen molar-refractivity contribution in [2.45, 2.75) is 5.57 Å². The van der Waals surface area contributed by atoms with Gasteiger partial charge in [0.25, 0.3) is 11.8 Å². The topological polar surface area (TPSA) is 46.6 Å². The molecule has 7 heteroatoms. The monoisotopic (exact) mass is 273 g/mol. The summed E-state index contributed by atoms with van der Waals surface area (Å²) < 4.78 is 28.8.